The lowest BCUT2D eigenvalue weighted by Crippen LogP contribution is -2.41. The molecule has 1 aromatic heterocycles. The third-order valence-electron chi connectivity index (χ3n) is 5.56. The molecule has 0 aliphatic carbocycles. The third kappa shape index (κ3) is 4.54. The molecule has 3 heterocycles. The van der Waals surface area contributed by atoms with E-state index in [1.807, 2.05) is 0 Å². The summed E-state index contributed by atoms with van der Waals surface area (Å²) in [5.41, 5.74) is 1.15. The maximum atomic E-state index is 12.7. The van der Waals surface area contributed by atoms with Gasteiger partial charge < -0.3 is 24.3 Å². The molecular weight excluding hydrogens is 386 g/mol. The predicted molar refractivity (Wildman–Crippen MR) is 109 cm³/mol. The molecule has 0 bridgehead atoms. The summed E-state index contributed by atoms with van der Waals surface area (Å²) < 4.78 is 10.5. The number of benzene rings is 1. The number of anilines is 1. The van der Waals surface area contributed by atoms with Crippen LogP contribution < -0.4 is 5.32 Å². The predicted octanol–water partition coefficient (Wildman–Crippen LogP) is 2.24. The van der Waals surface area contributed by atoms with Crippen LogP contribution in [0.5, 0.6) is 0 Å². The highest BCUT2D eigenvalue weighted by atomic mass is 16.5. The van der Waals surface area contributed by atoms with Gasteiger partial charge in [-0.3, -0.25) is 14.4 Å². The smallest absolute Gasteiger partial charge is 0.289 e. The van der Waals surface area contributed by atoms with Crippen LogP contribution in [0, 0.1) is 5.92 Å². The first kappa shape index (κ1) is 20.2. The molecule has 2 fully saturated rings. The minimum atomic E-state index is -0.177. The fraction of sp³-hybridized carbons (Fsp3) is 0.409. The summed E-state index contributed by atoms with van der Waals surface area (Å²) in [6.45, 7) is 3.25. The second-order valence-electron chi connectivity index (χ2n) is 7.52. The quantitative estimate of drug-likeness (QED) is 0.833. The molecule has 0 spiro atoms. The topological polar surface area (TPSA) is 92.1 Å². The third-order valence-corrected chi connectivity index (χ3v) is 5.56. The Morgan fingerprint density at radius 2 is 1.63 bits per heavy atom. The number of likely N-dealkylation sites (tertiary alicyclic amines) is 1. The summed E-state index contributed by atoms with van der Waals surface area (Å²) in [6, 6.07) is 10.4. The van der Waals surface area contributed by atoms with Crippen molar-refractivity contribution in [2.45, 2.75) is 12.8 Å². The van der Waals surface area contributed by atoms with Crippen LogP contribution in [0.3, 0.4) is 0 Å². The molecule has 2 aliphatic rings. The van der Waals surface area contributed by atoms with Crippen LogP contribution in [0.15, 0.2) is 47.1 Å². The van der Waals surface area contributed by atoms with Crippen LogP contribution in [-0.2, 0) is 9.53 Å². The van der Waals surface area contributed by atoms with Crippen molar-refractivity contribution in [2.24, 2.45) is 5.92 Å². The zero-order chi connectivity index (χ0) is 20.9. The average Bonchev–Trinajstić information content (AvgIpc) is 3.34. The first-order valence-corrected chi connectivity index (χ1v) is 10.2. The van der Waals surface area contributed by atoms with E-state index in [1.165, 1.54) is 6.26 Å². The Bertz CT molecular complexity index is 897. The van der Waals surface area contributed by atoms with E-state index in [1.54, 1.807) is 46.2 Å². The van der Waals surface area contributed by atoms with Gasteiger partial charge in [0.2, 0.25) is 5.91 Å². The number of nitrogens with one attached hydrogen (secondary N) is 1. The molecule has 8 nitrogen and oxygen atoms in total. The van der Waals surface area contributed by atoms with Crippen LogP contribution in [0.4, 0.5) is 5.69 Å². The molecule has 3 amide bonds. The van der Waals surface area contributed by atoms with Gasteiger partial charge in [-0.25, -0.2) is 0 Å². The maximum Gasteiger partial charge on any atom is 0.289 e. The Morgan fingerprint density at radius 1 is 0.900 bits per heavy atom. The number of amides is 3. The molecule has 2 aliphatic heterocycles. The number of carbonyl (C=O) groups excluding carboxylic acids is 3. The summed E-state index contributed by atoms with van der Waals surface area (Å²) in [5.74, 6) is -0.146. The van der Waals surface area contributed by atoms with Gasteiger partial charge in [0.25, 0.3) is 11.8 Å². The summed E-state index contributed by atoms with van der Waals surface area (Å²) >= 11 is 0. The first-order valence-electron chi connectivity index (χ1n) is 10.2. The number of nitrogens with zero attached hydrogens (tertiary/aromatic N) is 2. The number of hydrogen-bond donors (Lipinski definition) is 1. The highest BCUT2D eigenvalue weighted by molar-refractivity contribution is 5.98. The molecule has 2 aromatic rings. The first-order chi connectivity index (χ1) is 14.6. The average molecular weight is 411 g/mol. The van der Waals surface area contributed by atoms with Crippen LogP contribution in [0.1, 0.15) is 33.8 Å². The van der Waals surface area contributed by atoms with Gasteiger partial charge in [0.05, 0.1) is 19.5 Å². The second kappa shape index (κ2) is 9.13. The Morgan fingerprint density at radius 3 is 2.33 bits per heavy atom. The van der Waals surface area contributed by atoms with Crippen LogP contribution in [0.2, 0.25) is 0 Å². The van der Waals surface area contributed by atoms with Gasteiger partial charge in [-0.2, -0.15) is 0 Å². The molecule has 0 atom stereocenters. The molecule has 158 valence electrons. The van der Waals surface area contributed by atoms with Gasteiger partial charge >= 0.3 is 0 Å². The molecule has 8 heteroatoms. The van der Waals surface area contributed by atoms with Crippen molar-refractivity contribution in [2.75, 3.05) is 44.7 Å². The number of piperidine rings is 1. The normalized spacial score (nSPS) is 17.6. The Kier molecular flexibility index (Phi) is 6.13. The van der Waals surface area contributed by atoms with Gasteiger partial charge in [0.15, 0.2) is 5.76 Å². The zero-order valence-electron chi connectivity index (χ0n) is 16.7. The van der Waals surface area contributed by atoms with E-state index in [0.29, 0.717) is 69.2 Å². The number of furan rings is 1. The van der Waals surface area contributed by atoms with E-state index >= 15 is 0 Å². The summed E-state index contributed by atoms with van der Waals surface area (Å²) in [5, 5.41) is 2.93. The van der Waals surface area contributed by atoms with Gasteiger partial charge in [-0.15, -0.1) is 0 Å². The van der Waals surface area contributed by atoms with Crippen molar-refractivity contribution in [3.05, 3.63) is 54.0 Å². The Labute approximate surface area is 174 Å². The van der Waals surface area contributed by atoms with Crippen molar-refractivity contribution in [1.29, 1.82) is 0 Å². The number of rotatable bonds is 4. The standard InChI is InChI=1S/C22H25N3O5/c26-20(16-6-8-24(9-7-16)22(28)19-5-2-12-30-19)23-18-4-1-3-17(15-18)21(27)25-10-13-29-14-11-25/h1-5,12,15-16H,6-11,13-14H2,(H,23,26). The van der Waals surface area contributed by atoms with E-state index in [4.69, 9.17) is 9.15 Å². The minimum absolute atomic E-state index is 0.0563. The lowest BCUT2D eigenvalue weighted by Gasteiger charge is -2.30. The highest BCUT2D eigenvalue weighted by Crippen LogP contribution is 2.22. The number of ether oxygens (including phenoxy) is 1. The summed E-state index contributed by atoms with van der Waals surface area (Å²) in [4.78, 5) is 41.2. The van der Waals surface area contributed by atoms with Crippen molar-refractivity contribution < 1.29 is 23.5 Å². The zero-order valence-corrected chi connectivity index (χ0v) is 16.7. The fourth-order valence-electron chi connectivity index (χ4n) is 3.82. The van der Waals surface area contributed by atoms with Crippen molar-refractivity contribution in [3.8, 4) is 0 Å². The van der Waals surface area contributed by atoms with Crippen LogP contribution >= 0.6 is 0 Å². The summed E-state index contributed by atoms with van der Waals surface area (Å²) in [7, 11) is 0. The largest absolute Gasteiger partial charge is 0.459 e. The molecule has 2 saturated heterocycles. The van der Waals surface area contributed by atoms with Crippen LogP contribution in [0.25, 0.3) is 0 Å². The molecule has 0 saturated carbocycles. The van der Waals surface area contributed by atoms with Gasteiger partial charge in [0, 0.05) is 43.3 Å². The molecule has 4 rings (SSSR count). The maximum absolute atomic E-state index is 12.7. The lowest BCUT2D eigenvalue weighted by molar-refractivity contribution is -0.121. The van der Waals surface area contributed by atoms with Crippen molar-refractivity contribution >= 4 is 23.4 Å². The Balaban J connectivity index is 1.32. The van der Waals surface area contributed by atoms with Crippen LogP contribution in [-0.4, -0.2) is 66.9 Å². The van der Waals surface area contributed by atoms with Crippen molar-refractivity contribution in [3.63, 3.8) is 0 Å². The second-order valence-corrected chi connectivity index (χ2v) is 7.52. The minimum Gasteiger partial charge on any atom is -0.459 e. The molecular formula is C22H25N3O5. The fourth-order valence-corrected chi connectivity index (χ4v) is 3.82. The summed E-state index contributed by atoms with van der Waals surface area (Å²) in [6.07, 6.45) is 2.65. The van der Waals surface area contributed by atoms with Gasteiger partial charge in [-0.05, 0) is 43.2 Å². The van der Waals surface area contributed by atoms with Gasteiger partial charge in [0.1, 0.15) is 0 Å². The highest BCUT2D eigenvalue weighted by Gasteiger charge is 2.29. The van der Waals surface area contributed by atoms with E-state index in [-0.39, 0.29) is 23.6 Å². The van der Waals surface area contributed by atoms with E-state index in [9.17, 15) is 14.4 Å². The lowest BCUT2D eigenvalue weighted by atomic mass is 9.95. The molecule has 1 N–H and O–H groups in total. The molecule has 30 heavy (non-hydrogen) atoms. The van der Waals surface area contributed by atoms with Crippen molar-refractivity contribution in [1.82, 2.24) is 9.80 Å². The SMILES string of the molecule is O=C(Nc1cccc(C(=O)N2CCOCC2)c1)C1CCN(C(=O)c2ccco2)CC1. The molecule has 0 unspecified atom stereocenters. The Hall–Kier alpha value is -3.13. The van der Waals surface area contributed by atoms with Gasteiger partial charge in [-0.1, -0.05) is 6.07 Å². The monoisotopic (exact) mass is 411 g/mol. The number of carbonyl (C=O) groups is 3. The number of hydrogen-bond acceptors (Lipinski definition) is 5. The molecule has 0 radical (unpaired) electrons. The van der Waals surface area contributed by atoms with E-state index in [2.05, 4.69) is 5.32 Å². The van der Waals surface area contributed by atoms with E-state index in [0.717, 1.165) is 0 Å². The molecule has 1 aromatic carbocycles. The number of morpholine rings is 1. The van der Waals surface area contributed by atoms with E-state index < -0.39 is 0 Å².